The van der Waals surface area contributed by atoms with Crippen LogP contribution in [0, 0.1) is 0 Å². The Balaban J connectivity index is 1.89. The summed E-state index contributed by atoms with van der Waals surface area (Å²) in [7, 11) is -3.77. The van der Waals surface area contributed by atoms with Crippen molar-refractivity contribution in [3.63, 3.8) is 0 Å². The van der Waals surface area contributed by atoms with Crippen molar-refractivity contribution in [1.29, 1.82) is 0 Å². The van der Waals surface area contributed by atoms with Crippen LogP contribution in [0.1, 0.15) is 0 Å². The van der Waals surface area contributed by atoms with E-state index in [2.05, 4.69) is 5.32 Å². The summed E-state index contributed by atoms with van der Waals surface area (Å²) in [6, 6.07) is 23.8. The molecule has 26 heavy (non-hydrogen) atoms. The van der Waals surface area contributed by atoms with Gasteiger partial charge < -0.3 is 5.32 Å². The maximum Gasteiger partial charge on any atom is 0.330 e. The minimum Gasteiger partial charge on any atom is -0.307 e. The van der Waals surface area contributed by atoms with E-state index in [9.17, 15) is 13.2 Å². The lowest BCUT2D eigenvalue weighted by Gasteiger charge is -2.23. The summed E-state index contributed by atoms with van der Waals surface area (Å²) in [6.45, 7) is 0. The Morgan fingerprint density at radius 1 is 0.769 bits per heavy atom. The molecule has 6 nitrogen and oxygen atoms in total. The number of hydrogen-bond donors (Lipinski definition) is 2. The first-order chi connectivity index (χ1) is 12.4. The highest BCUT2D eigenvalue weighted by molar-refractivity contribution is 7.89. The van der Waals surface area contributed by atoms with Gasteiger partial charge in [-0.15, -0.1) is 0 Å². The van der Waals surface area contributed by atoms with Gasteiger partial charge in [-0.25, -0.2) is 18.4 Å². The zero-order chi connectivity index (χ0) is 18.6. The van der Waals surface area contributed by atoms with Crippen LogP contribution < -0.4 is 15.4 Å². The van der Waals surface area contributed by atoms with E-state index >= 15 is 0 Å². The van der Waals surface area contributed by atoms with Crippen molar-refractivity contribution in [2.45, 2.75) is 4.90 Å². The molecule has 7 heteroatoms. The number of para-hydroxylation sites is 2. The average molecular weight is 367 g/mol. The number of sulfonamides is 1. The molecule has 0 aliphatic heterocycles. The van der Waals surface area contributed by atoms with Crippen LogP contribution >= 0.6 is 0 Å². The molecule has 0 heterocycles. The van der Waals surface area contributed by atoms with Gasteiger partial charge in [0.05, 0.1) is 16.3 Å². The molecule has 3 aromatic carbocycles. The predicted molar refractivity (Wildman–Crippen MR) is 102 cm³/mol. The molecule has 0 unspecified atom stereocenters. The smallest absolute Gasteiger partial charge is 0.307 e. The standard InChI is InChI=1S/C19H17N3O3S/c20-26(24,25)18-13-11-15(12-14-18)21-19(23)22(16-7-3-1-4-8-16)17-9-5-2-6-10-17/h1-14H,(H,21,23)(H2,20,24,25). The Bertz CT molecular complexity index is 950. The molecule has 0 aromatic heterocycles. The molecule has 0 spiro atoms. The molecular weight excluding hydrogens is 350 g/mol. The monoisotopic (exact) mass is 367 g/mol. The molecule has 0 fully saturated rings. The van der Waals surface area contributed by atoms with Crippen molar-refractivity contribution < 1.29 is 13.2 Å². The van der Waals surface area contributed by atoms with E-state index in [1.54, 1.807) is 0 Å². The molecule has 0 atom stereocenters. The third-order valence-corrected chi connectivity index (χ3v) is 4.60. The van der Waals surface area contributed by atoms with Crippen molar-refractivity contribution in [3.05, 3.63) is 84.9 Å². The summed E-state index contributed by atoms with van der Waals surface area (Å²) >= 11 is 0. The van der Waals surface area contributed by atoms with Crippen LogP contribution in [0.25, 0.3) is 0 Å². The molecule has 3 rings (SSSR count). The molecule has 0 aliphatic carbocycles. The van der Waals surface area contributed by atoms with E-state index in [0.717, 1.165) is 0 Å². The Labute approximate surface area is 151 Å². The lowest BCUT2D eigenvalue weighted by molar-refractivity contribution is 0.259. The highest BCUT2D eigenvalue weighted by Gasteiger charge is 2.18. The number of urea groups is 1. The van der Waals surface area contributed by atoms with Crippen LogP contribution in [0.15, 0.2) is 89.8 Å². The zero-order valence-electron chi connectivity index (χ0n) is 13.7. The van der Waals surface area contributed by atoms with Gasteiger partial charge in [0.15, 0.2) is 0 Å². The van der Waals surface area contributed by atoms with Gasteiger partial charge in [-0.3, -0.25) is 4.90 Å². The number of amides is 2. The maximum atomic E-state index is 12.9. The number of rotatable bonds is 4. The largest absolute Gasteiger partial charge is 0.330 e. The first kappa shape index (κ1) is 17.7. The predicted octanol–water partition coefficient (Wildman–Crippen LogP) is 3.70. The van der Waals surface area contributed by atoms with E-state index < -0.39 is 10.0 Å². The second kappa shape index (κ2) is 7.38. The van der Waals surface area contributed by atoms with E-state index in [4.69, 9.17) is 5.14 Å². The first-order valence-electron chi connectivity index (χ1n) is 7.79. The summed E-state index contributed by atoms with van der Waals surface area (Å²) in [4.78, 5) is 14.4. The zero-order valence-corrected chi connectivity index (χ0v) is 14.6. The lowest BCUT2D eigenvalue weighted by atomic mass is 10.2. The van der Waals surface area contributed by atoms with Gasteiger partial charge >= 0.3 is 6.03 Å². The Morgan fingerprint density at radius 3 is 1.65 bits per heavy atom. The number of primary sulfonamides is 1. The summed E-state index contributed by atoms with van der Waals surface area (Å²) in [5.41, 5.74) is 1.87. The quantitative estimate of drug-likeness (QED) is 0.736. The van der Waals surface area contributed by atoms with Crippen LogP contribution in [0.2, 0.25) is 0 Å². The summed E-state index contributed by atoms with van der Waals surface area (Å²) in [5, 5.41) is 7.85. The molecule has 0 aliphatic rings. The van der Waals surface area contributed by atoms with Crippen LogP contribution in [-0.4, -0.2) is 14.4 Å². The SMILES string of the molecule is NS(=O)(=O)c1ccc(NC(=O)N(c2ccccc2)c2ccccc2)cc1. The van der Waals surface area contributed by atoms with Gasteiger partial charge in [0.25, 0.3) is 0 Å². The third-order valence-electron chi connectivity index (χ3n) is 3.67. The van der Waals surface area contributed by atoms with Crippen molar-refractivity contribution in [1.82, 2.24) is 0 Å². The van der Waals surface area contributed by atoms with Gasteiger partial charge in [0, 0.05) is 5.69 Å². The van der Waals surface area contributed by atoms with Gasteiger partial charge in [0.1, 0.15) is 0 Å². The Morgan fingerprint density at radius 2 is 1.23 bits per heavy atom. The fourth-order valence-corrected chi connectivity index (χ4v) is 2.96. The van der Waals surface area contributed by atoms with Crippen molar-refractivity contribution in [2.24, 2.45) is 5.14 Å². The number of nitrogens with one attached hydrogen (secondary N) is 1. The Kier molecular flexibility index (Phi) is 5.01. The fraction of sp³-hybridized carbons (Fsp3) is 0. The number of carbonyl (C=O) groups is 1. The number of anilines is 3. The first-order valence-corrected chi connectivity index (χ1v) is 9.34. The number of benzene rings is 3. The molecule has 2 amide bonds. The fourth-order valence-electron chi connectivity index (χ4n) is 2.45. The molecule has 3 aromatic rings. The highest BCUT2D eigenvalue weighted by atomic mass is 32.2. The molecule has 0 radical (unpaired) electrons. The third kappa shape index (κ3) is 4.08. The topological polar surface area (TPSA) is 92.5 Å². The van der Waals surface area contributed by atoms with Crippen LogP contribution in [0.5, 0.6) is 0 Å². The Hall–Kier alpha value is -3.16. The van der Waals surface area contributed by atoms with E-state index in [1.807, 2.05) is 60.7 Å². The van der Waals surface area contributed by atoms with Gasteiger partial charge in [-0.05, 0) is 48.5 Å². The molecule has 0 saturated heterocycles. The molecule has 132 valence electrons. The average Bonchev–Trinajstić information content (AvgIpc) is 2.63. The normalized spacial score (nSPS) is 11.0. The van der Waals surface area contributed by atoms with Crippen molar-refractivity contribution in [3.8, 4) is 0 Å². The molecular formula is C19H17N3O3S. The van der Waals surface area contributed by atoms with E-state index in [1.165, 1.54) is 29.2 Å². The molecule has 3 N–H and O–H groups in total. The minimum atomic E-state index is -3.77. The highest BCUT2D eigenvalue weighted by Crippen LogP contribution is 2.26. The molecule has 0 saturated carbocycles. The van der Waals surface area contributed by atoms with Crippen molar-refractivity contribution in [2.75, 3.05) is 10.2 Å². The summed E-state index contributed by atoms with van der Waals surface area (Å²) in [6.07, 6.45) is 0. The van der Waals surface area contributed by atoms with E-state index in [0.29, 0.717) is 17.1 Å². The number of nitrogens with two attached hydrogens (primary N) is 1. The van der Waals surface area contributed by atoms with Gasteiger partial charge in [-0.1, -0.05) is 36.4 Å². The second-order valence-electron chi connectivity index (χ2n) is 5.51. The van der Waals surface area contributed by atoms with Gasteiger partial charge in [0.2, 0.25) is 10.0 Å². The van der Waals surface area contributed by atoms with Crippen LogP contribution in [-0.2, 0) is 10.0 Å². The number of nitrogens with zero attached hydrogens (tertiary/aromatic N) is 1. The number of hydrogen-bond acceptors (Lipinski definition) is 3. The number of carbonyl (C=O) groups excluding carboxylic acids is 1. The minimum absolute atomic E-state index is 0.0153. The van der Waals surface area contributed by atoms with Crippen LogP contribution in [0.3, 0.4) is 0 Å². The maximum absolute atomic E-state index is 12.9. The summed E-state index contributed by atoms with van der Waals surface area (Å²) in [5.74, 6) is 0. The van der Waals surface area contributed by atoms with Crippen LogP contribution in [0.4, 0.5) is 21.9 Å². The lowest BCUT2D eigenvalue weighted by Crippen LogP contribution is -2.30. The molecule has 0 bridgehead atoms. The van der Waals surface area contributed by atoms with E-state index in [-0.39, 0.29) is 10.9 Å². The van der Waals surface area contributed by atoms with Gasteiger partial charge in [-0.2, -0.15) is 0 Å². The second-order valence-corrected chi connectivity index (χ2v) is 7.07. The van der Waals surface area contributed by atoms with Crippen molar-refractivity contribution >= 4 is 33.1 Å². The summed E-state index contributed by atoms with van der Waals surface area (Å²) < 4.78 is 22.7.